The van der Waals surface area contributed by atoms with Gasteiger partial charge in [-0.2, -0.15) is 0 Å². The smallest absolute Gasteiger partial charge is 0.188 e. The first-order chi connectivity index (χ1) is 23.7. The first kappa shape index (κ1) is 35.1. The van der Waals surface area contributed by atoms with Crippen LogP contribution in [-0.2, 0) is 24.2 Å². The summed E-state index contributed by atoms with van der Waals surface area (Å²) in [6.07, 6.45) is 19.3. The first-order valence-corrected chi connectivity index (χ1v) is 19.9. The molecular weight excluding hydrogens is 608 g/mol. The third kappa shape index (κ3) is 5.87. The van der Waals surface area contributed by atoms with Crippen molar-refractivity contribution < 1.29 is 24.5 Å². The topological polar surface area (TPSA) is 76.0 Å². The molecule has 0 radical (unpaired) electrons. The van der Waals surface area contributed by atoms with E-state index in [2.05, 4.69) is 45.9 Å². The van der Waals surface area contributed by atoms with Crippen molar-refractivity contribution in [2.75, 3.05) is 13.9 Å². The van der Waals surface area contributed by atoms with Gasteiger partial charge in [0.05, 0.1) is 12.2 Å². The molecule has 0 bridgehead atoms. The molecule has 0 saturated heterocycles. The van der Waals surface area contributed by atoms with E-state index >= 15 is 0 Å². The number of benzene rings is 2. The number of methoxy groups -OCH3 is 1. The number of phenols is 1. The highest BCUT2D eigenvalue weighted by molar-refractivity contribution is 5.80. The molecule has 4 saturated carbocycles. The summed E-state index contributed by atoms with van der Waals surface area (Å²) in [6.45, 7) is 10.0. The van der Waals surface area contributed by atoms with Crippen molar-refractivity contribution >= 4 is 6.29 Å². The zero-order valence-electron chi connectivity index (χ0n) is 30.9. The number of aliphatic hydroxyl groups excluding tert-OH is 1. The van der Waals surface area contributed by atoms with E-state index in [0.29, 0.717) is 39.5 Å². The summed E-state index contributed by atoms with van der Waals surface area (Å²) in [5, 5.41) is 19.6. The van der Waals surface area contributed by atoms with E-state index in [4.69, 9.17) is 9.47 Å². The SMILES string of the molecule is CC[C@H]1CCC2C3CCc4cc(O)c(CO)cc4C3CC[C@@]21C.CC[C@H]1CCC2C3CCc4cc(OCOC)c(C=O)cc4C3CC[C@@]21C. The monoisotopic (exact) mass is 670 g/mol. The number of aryl methyl sites for hydroxylation is 2. The molecule has 0 aromatic heterocycles. The second kappa shape index (κ2) is 14.0. The van der Waals surface area contributed by atoms with Gasteiger partial charge in [-0.15, -0.1) is 0 Å². The van der Waals surface area contributed by atoms with Crippen LogP contribution in [0.4, 0.5) is 0 Å². The molecule has 2 N–H and O–H groups in total. The normalized spacial score (nSPS) is 36.9. The molecule has 8 rings (SSSR count). The van der Waals surface area contributed by atoms with Crippen LogP contribution < -0.4 is 4.74 Å². The lowest BCUT2D eigenvalue weighted by atomic mass is 9.54. The molecule has 5 heteroatoms. The van der Waals surface area contributed by atoms with E-state index in [1.165, 1.54) is 99.3 Å². The Morgan fingerprint density at radius 3 is 1.84 bits per heavy atom. The number of aldehydes is 1. The van der Waals surface area contributed by atoms with E-state index in [-0.39, 0.29) is 19.1 Å². The molecule has 0 aliphatic heterocycles. The molecule has 0 heterocycles. The van der Waals surface area contributed by atoms with Gasteiger partial charge < -0.3 is 19.7 Å². The molecule has 49 heavy (non-hydrogen) atoms. The van der Waals surface area contributed by atoms with Crippen molar-refractivity contribution in [3.8, 4) is 11.5 Å². The molecule has 2 aromatic rings. The maximum Gasteiger partial charge on any atom is 0.188 e. The van der Waals surface area contributed by atoms with Gasteiger partial charge in [0.1, 0.15) is 11.5 Å². The van der Waals surface area contributed by atoms with Crippen LogP contribution >= 0.6 is 0 Å². The number of carbonyl (C=O) groups is 1. The zero-order chi connectivity index (χ0) is 34.5. The second-order valence-corrected chi connectivity index (χ2v) is 17.4. The van der Waals surface area contributed by atoms with Crippen molar-refractivity contribution in [1.29, 1.82) is 0 Å². The summed E-state index contributed by atoms with van der Waals surface area (Å²) in [5.74, 6) is 7.41. The van der Waals surface area contributed by atoms with E-state index < -0.39 is 0 Å². The van der Waals surface area contributed by atoms with Gasteiger partial charge >= 0.3 is 0 Å². The van der Waals surface area contributed by atoms with Crippen LogP contribution in [0, 0.1) is 46.3 Å². The third-order valence-electron chi connectivity index (χ3n) is 15.8. The Balaban J connectivity index is 0.000000155. The molecule has 0 spiro atoms. The largest absolute Gasteiger partial charge is 0.508 e. The molecule has 4 fully saturated rings. The highest BCUT2D eigenvalue weighted by Gasteiger charge is 2.55. The van der Waals surface area contributed by atoms with Crippen LogP contribution in [0.3, 0.4) is 0 Å². The molecule has 2 aromatic carbocycles. The molecule has 6 aliphatic carbocycles. The highest BCUT2D eigenvalue weighted by Crippen LogP contribution is 2.65. The molecule has 6 aliphatic rings. The van der Waals surface area contributed by atoms with E-state index in [1.807, 2.05) is 6.07 Å². The lowest BCUT2D eigenvalue weighted by Gasteiger charge is -2.51. The summed E-state index contributed by atoms with van der Waals surface area (Å²) in [6, 6.07) is 8.26. The molecule has 6 unspecified atom stereocenters. The van der Waals surface area contributed by atoms with Gasteiger partial charge in [-0.3, -0.25) is 4.79 Å². The summed E-state index contributed by atoms with van der Waals surface area (Å²) in [7, 11) is 1.60. The van der Waals surface area contributed by atoms with Crippen molar-refractivity contribution in [2.45, 2.75) is 136 Å². The number of carbonyl (C=O) groups excluding carboxylic acids is 1. The number of hydrogen-bond acceptors (Lipinski definition) is 5. The lowest BCUT2D eigenvalue weighted by Crippen LogP contribution is -2.42. The number of rotatable bonds is 7. The van der Waals surface area contributed by atoms with Gasteiger partial charge in [0.2, 0.25) is 0 Å². The van der Waals surface area contributed by atoms with Gasteiger partial charge in [0.25, 0.3) is 0 Å². The predicted molar refractivity (Wildman–Crippen MR) is 195 cm³/mol. The minimum Gasteiger partial charge on any atom is -0.508 e. The Hall–Kier alpha value is -2.37. The van der Waals surface area contributed by atoms with E-state index in [0.717, 1.165) is 54.6 Å². The highest BCUT2D eigenvalue weighted by atomic mass is 16.7. The standard InChI is InChI=1S/C23H32O3.C21H30O2/c1-4-17-6-8-21-19-7-5-15-12-22(26-14-25-3)16(13-24)11-20(15)18(19)9-10-23(17,21)2;1-3-15-5-7-19-17-6-4-13-11-20(23)14(12-22)10-18(13)16(17)8-9-21(15,19)2/h11-13,17-19,21H,4-10,14H2,1-3H3;10-11,15-17,19,22-23H,3-9,12H2,1-2H3/t17-,18?,19?,21?,23+;15-,16?,17?,19?,21+/m00/s1. The number of fused-ring (bicyclic) bond motifs is 10. The first-order valence-electron chi connectivity index (χ1n) is 19.9. The maximum absolute atomic E-state index is 11.6. The Labute approximate surface area is 295 Å². The lowest BCUT2D eigenvalue weighted by molar-refractivity contribution is 0.0270. The maximum atomic E-state index is 11.6. The van der Waals surface area contributed by atoms with Crippen LogP contribution in [0.25, 0.3) is 0 Å². The van der Waals surface area contributed by atoms with E-state index in [9.17, 15) is 15.0 Å². The van der Waals surface area contributed by atoms with Gasteiger partial charge in [-0.1, -0.05) is 40.5 Å². The fraction of sp³-hybridized carbons (Fsp3) is 0.705. The second-order valence-electron chi connectivity index (χ2n) is 17.4. The Kier molecular flexibility index (Phi) is 10.0. The van der Waals surface area contributed by atoms with Crippen molar-refractivity contribution in [2.24, 2.45) is 46.3 Å². The average molecular weight is 671 g/mol. The summed E-state index contributed by atoms with van der Waals surface area (Å²) in [5.41, 5.74) is 8.06. The van der Waals surface area contributed by atoms with Crippen LogP contribution in [0.2, 0.25) is 0 Å². The molecule has 268 valence electrons. The summed E-state index contributed by atoms with van der Waals surface area (Å²) >= 11 is 0. The third-order valence-corrected chi connectivity index (χ3v) is 15.8. The quantitative estimate of drug-likeness (QED) is 0.227. The summed E-state index contributed by atoms with van der Waals surface area (Å²) in [4.78, 5) is 11.6. The fourth-order valence-corrected chi connectivity index (χ4v) is 13.3. The Morgan fingerprint density at radius 1 is 0.776 bits per heavy atom. The molecule has 0 amide bonds. The Bertz CT molecular complexity index is 1520. The minimum atomic E-state index is -0.0600. The average Bonchev–Trinajstić information content (AvgIpc) is 3.65. The van der Waals surface area contributed by atoms with Crippen LogP contribution in [0.5, 0.6) is 11.5 Å². The number of aliphatic hydroxyl groups is 1. The van der Waals surface area contributed by atoms with Gasteiger partial charge in [-0.05, 0) is 182 Å². The zero-order valence-corrected chi connectivity index (χ0v) is 30.9. The molecule has 5 nitrogen and oxygen atoms in total. The predicted octanol–water partition coefficient (Wildman–Crippen LogP) is 10.1. The van der Waals surface area contributed by atoms with Crippen LogP contribution in [-0.4, -0.2) is 30.4 Å². The van der Waals surface area contributed by atoms with Crippen LogP contribution in [0.1, 0.15) is 155 Å². The van der Waals surface area contributed by atoms with Gasteiger partial charge in [-0.25, -0.2) is 0 Å². The number of ether oxygens (including phenoxy) is 2. The fourth-order valence-electron chi connectivity index (χ4n) is 13.3. The van der Waals surface area contributed by atoms with Gasteiger partial charge in [0.15, 0.2) is 13.1 Å². The van der Waals surface area contributed by atoms with Crippen molar-refractivity contribution in [3.05, 3.63) is 57.6 Å². The van der Waals surface area contributed by atoms with Crippen LogP contribution in [0.15, 0.2) is 24.3 Å². The molecule has 10 atom stereocenters. The summed E-state index contributed by atoms with van der Waals surface area (Å²) < 4.78 is 10.7. The molecular formula is C44H62O5. The van der Waals surface area contributed by atoms with Crippen molar-refractivity contribution in [3.63, 3.8) is 0 Å². The number of aromatic hydroxyl groups is 1. The number of hydrogen-bond donors (Lipinski definition) is 2. The Morgan fingerprint density at radius 2 is 1.33 bits per heavy atom. The minimum absolute atomic E-state index is 0.0600. The van der Waals surface area contributed by atoms with Gasteiger partial charge in [0, 0.05) is 12.7 Å². The van der Waals surface area contributed by atoms with Crippen molar-refractivity contribution in [1.82, 2.24) is 0 Å². The van der Waals surface area contributed by atoms with E-state index in [1.54, 1.807) is 7.11 Å².